The van der Waals surface area contributed by atoms with Crippen molar-refractivity contribution >= 4 is 17.8 Å². The van der Waals surface area contributed by atoms with Crippen LogP contribution in [0.2, 0.25) is 0 Å². The normalized spacial score (nSPS) is 15.3. The fourth-order valence-electron chi connectivity index (χ4n) is 4.37. The first-order valence-electron chi connectivity index (χ1n) is 14.8. The second kappa shape index (κ2) is 21.7. The van der Waals surface area contributed by atoms with E-state index in [-0.39, 0.29) is 45.2 Å². The third-order valence-electron chi connectivity index (χ3n) is 6.55. The number of rotatable bonds is 17. The van der Waals surface area contributed by atoms with Crippen LogP contribution in [-0.2, 0) is 35.1 Å². The zero-order valence-electron chi connectivity index (χ0n) is 25.9. The molecule has 1 N–H and O–H groups in total. The summed E-state index contributed by atoms with van der Waals surface area (Å²) in [5.41, 5.74) is 3.17. The van der Waals surface area contributed by atoms with Gasteiger partial charge in [-0.05, 0) is 63.2 Å². The lowest BCUT2D eigenvalue weighted by Gasteiger charge is -2.37. The molecule has 1 heterocycles. The van der Waals surface area contributed by atoms with Crippen molar-refractivity contribution in [3.05, 3.63) is 82.0 Å². The van der Waals surface area contributed by atoms with E-state index in [1.54, 1.807) is 19.9 Å². The Bertz CT molecular complexity index is 1090. The molecule has 1 aliphatic heterocycles. The van der Waals surface area contributed by atoms with Gasteiger partial charge in [-0.2, -0.15) is 0 Å². The molecule has 11 nitrogen and oxygen atoms in total. The van der Waals surface area contributed by atoms with Gasteiger partial charge in [-0.3, -0.25) is 14.9 Å². The highest BCUT2D eigenvalue weighted by molar-refractivity contribution is 5.89. The van der Waals surface area contributed by atoms with Crippen LogP contribution in [0.15, 0.2) is 66.3 Å². The van der Waals surface area contributed by atoms with Crippen molar-refractivity contribution in [2.24, 2.45) is 0 Å². The first-order chi connectivity index (χ1) is 20.7. The maximum absolute atomic E-state index is 13.2. The van der Waals surface area contributed by atoms with E-state index in [1.807, 2.05) is 19.1 Å². The van der Waals surface area contributed by atoms with Crippen LogP contribution in [0.4, 0.5) is 0 Å². The van der Waals surface area contributed by atoms with Gasteiger partial charge in [0.05, 0.1) is 32.4 Å². The van der Waals surface area contributed by atoms with Crippen LogP contribution in [0.1, 0.15) is 65.4 Å². The van der Waals surface area contributed by atoms with Gasteiger partial charge in [0.25, 0.3) is 5.09 Å². The highest BCUT2D eigenvalue weighted by Gasteiger charge is 2.37. The van der Waals surface area contributed by atoms with Gasteiger partial charge in [0.1, 0.15) is 6.04 Å². The summed E-state index contributed by atoms with van der Waals surface area (Å²) in [7, 11) is 0. The number of carbonyl (C=O) groups excluding carboxylic acids is 3. The van der Waals surface area contributed by atoms with E-state index in [0.29, 0.717) is 19.3 Å². The quantitative estimate of drug-likeness (QED) is 0.116. The van der Waals surface area contributed by atoms with Crippen LogP contribution < -0.4 is 5.32 Å². The molecule has 1 aromatic rings. The SMILES string of the molecule is C=CC1=C(/C=C\C)CC(C(=O)OCCCCCO[N+](=O)[O-])N(C(=O)C(C)NCC(=O)OCC)C1.CCCc1ccccc1. The standard InChI is InChI=1S/C23H35N3O8.C9H12/c1-5-11-19-14-20(23(29)33-12-9-8-10-13-34-26(30)31)25(16-18(19)6-2)22(28)17(4)24-15-21(27)32-7-3;1-2-6-9-7-4-3-5-8-9/h5-6,11,17,20,24H,2,7-10,12-16H2,1,3-4H3;3-5,7-8H,2,6H2,1H3/b11-5-;. The van der Waals surface area contributed by atoms with Crippen molar-refractivity contribution in [1.29, 1.82) is 0 Å². The summed E-state index contributed by atoms with van der Waals surface area (Å²) in [6.07, 6.45) is 9.70. The van der Waals surface area contributed by atoms with Gasteiger partial charge in [0.2, 0.25) is 5.91 Å². The maximum atomic E-state index is 13.2. The molecule has 1 amide bonds. The zero-order valence-corrected chi connectivity index (χ0v) is 25.9. The minimum Gasteiger partial charge on any atom is -0.465 e. The molecule has 1 aliphatic rings. The number of amides is 1. The van der Waals surface area contributed by atoms with Gasteiger partial charge in [0.15, 0.2) is 0 Å². The lowest BCUT2D eigenvalue weighted by Crippen LogP contribution is -2.55. The number of nitrogens with zero attached hydrogens (tertiary/aromatic N) is 2. The van der Waals surface area contributed by atoms with Gasteiger partial charge in [0, 0.05) is 13.0 Å². The molecule has 43 heavy (non-hydrogen) atoms. The van der Waals surface area contributed by atoms with E-state index in [1.165, 1.54) is 23.3 Å². The van der Waals surface area contributed by atoms with Gasteiger partial charge < -0.3 is 19.2 Å². The van der Waals surface area contributed by atoms with E-state index in [4.69, 9.17) is 9.47 Å². The Hall–Kier alpha value is -3.99. The smallest absolute Gasteiger partial charge is 0.329 e. The Labute approximate surface area is 255 Å². The van der Waals surface area contributed by atoms with E-state index in [2.05, 4.69) is 54.0 Å². The number of esters is 2. The third-order valence-corrected chi connectivity index (χ3v) is 6.55. The predicted molar refractivity (Wildman–Crippen MR) is 164 cm³/mol. The van der Waals surface area contributed by atoms with E-state index >= 15 is 0 Å². The number of allylic oxidation sites excluding steroid dienone is 2. The molecule has 0 saturated heterocycles. The summed E-state index contributed by atoms with van der Waals surface area (Å²) in [5, 5.41) is 12.1. The second-order valence-corrected chi connectivity index (χ2v) is 9.87. The molecule has 0 aromatic heterocycles. The van der Waals surface area contributed by atoms with Crippen LogP contribution in [0.5, 0.6) is 0 Å². The molecule has 2 rings (SSSR count). The molecule has 0 aliphatic carbocycles. The van der Waals surface area contributed by atoms with Crippen molar-refractivity contribution in [2.45, 2.75) is 78.3 Å². The number of carbonyl (C=O) groups is 3. The maximum Gasteiger partial charge on any atom is 0.329 e. The Morgan fingerprint density at radius 1 is 1.12 bits per heavy atom. The molecular formula is C32H47N3O8. The lowest BCUT2D eigenvalue weighted by molar-refractivity contribution is -0.757. The van der Waals surface area contributed by atoms with Crippen LogP contribution in [0, 0.1) is 10.1 Å². The van der Waals surface area contributed by atoms with Gasteiger partial charge >= 0.3 is 11.9 Å². The van der Waals surface area contributed by atoms with Gasteiger partial charge in [-0.25, -0.2) is 4.79 Å². The summed E-state index contributed by atoms with van der Waals surface area (Å²) in [6.45, 7) is 11.6. The van der Waals surface area contributed by atoms with Crippen molar-refractivity contribution in [3.63, 3.8) is 0 Å². The average Bonchev–Trinajstić information content (AvgIpc) is 3.00. The fraction of sp³-hybridized carbons (Fsp3) is 0.531. The molecule has 0 fully saturated rings. The van der Waals surface area contributed by atoms with Crippen molar-refractivity contribution in [3.8, 4) is 0 Å². The van der Waals surface area contributed by atoms with Crippen LogP contribution >= 0.6 is 0 Å². The summed E-state index contributed by atoms with van der Waals surface area (Å²) >= 11 is 0. The minimum absolute atomic E-state index is 0.00955. The first-order valence-corrected chi connectivity index (χ1v) is 14.8. The highest BCUT2D eigenvalue weighted by Crippen LogP contribution is 2.27. The third kappa shape index (κ3) is 14.6. The number of nitrogens with one attached hydrogen (secondary N) is 1. The number of ether oxygens (including phenoxy) is 2. The number of hydrogen-bond acceptors (Lipinski definition) is 9. The van der Waals surface area contributed by atoms with Crippen molar-refractivity contribution in [2.75, 3.05) is 32.9 Å². The summed E-state index contributed by atoms with van der Waals surface area (Å²) in [6, 6.07) is 9.02. The van der Waals surface area contributed by atoms with E-state index in [9.17, 15) is 24.5 Å². The number of benzene rings is 1. The Balaban J connectivity index is 0.000000869. The van der Waals surface area contributed by atoms with Crippen LogP contribution in [-0.4, -0.2) is 72.8 Å². The number of unbranched alkanes of at least 4 members (excludes halogenated alkanes) is 2. The summed E-state index contributed by atoms with van der Waals surface area (Å²) < 4.78 is 10.3. The molecule has 0 bridgehead atoms. The Kier molecular flexibility index (Phi) is 18.7. The largest absolute Gasteiger partial charge is 0.465 e. The molecule has 238 valence electrons. The second-order valence-electron chi connectivity index (χ2n) is 9.87. The first kappa shape index (κ1) is 37.0. The number of hydrogen-bond donors (Lipinski definition) is 1. The van der Waals surface area contributed by atoms with E-state index < -0.39 is 29.1 Å². The number of aryl methyl sites for hydroxylation is 1. The zero-order chi connectivity index (χ0) is 32.0. The molecule has 11 heteroatoms. The van der Waals surface area contributed by atoms with Crippen LogP contribution in [0.3, 0.4) is 0 Å². The minimum atomic E-state index is -0.843. The lowest BCUT2D eigenvalue weighted by atomic mass is 9.92. The van der Waals surface area contributed by atoms with Gasteiger partial charge in [-0.15, -0.1) is 10.1 Å². The van der Waals surface area contributed by atoms with Crippen molar-refractivity contribution in [1.82, 2.24) is 10.2 Å². The molecule has 0 spiro atoms. The summed E-state index contributed by atoms with van der Waals surface area (Å²) in [4.78, 5) is 53.5. The van der Waals surface area contributed by atoms with E-state index in [0.717, 1.165) is 11.1 Å². The summed E-state index contributed by atoms with van der Waals surface area (Å²) in [5.74, 6) is -1.35. The fourth-order valence-corrected chi connectivity index (χ4v) is 4.37. The Morgan fingerprint density at radius 3 is 2.42 bits per heavy atom. The molecular weight excluding hydrogens is 554 g/mol. The molecule has 2 atom stereocenters. The van der Waals surface area contributed by atoms with Crippen molar-refractivity contribution < 1.29 is 33.8 Å². The average molecular weight is 602 g/mol. The van der Waals surface area contributed by atoms with Crippen LogP contribution in [0.25, 0.3) is 0 Å². The topological polar surface area (TPSA) is 137 Å². The molecule has 1 aromatic carbocycles. The predicted octanol–water partition coefficient (Wildman–Crippen LogP) is 4.75. The highest BCUT2D eigenvalue weighted by atomic mass is 16.9. The molecule has 2 unspecified atom stereocenters. The van der Waals surface area contributed by atoms with Gasteiger partial charge in [-0.1, -0.05) is 68.5 Å². The monoisotopic (exact) mass is 601 g/mol. The Morgan fingerprint density at radius 2 is 1.81 bits per heavy atom. The molecule has 0 saturated carbocycles. The molecule has 0 radical (unpaired) electrons.